The average molecular weight is 385 g/mol. The van der Waals surface area contributed by atoms with Crippen molar-refractivity contribution in [1.82, 2.24) is 15.4 Å². The molecule has 2 aromatic rings. The van der Waals surface area contributed by atoms with Crippen LogP contribution in [0, 0.1) is 0 Å². The number of ether oxygens (including phenoxy) is 2. The summed E-state index contributed by atoms with van der Waals surface area (Å²) >= 11 is 0. The van der Waals surface area contributed by atoms with E-state index in [0.717, 1.165) is 18.4 Å². The molecule has 1 aromatic carbocycles. The van der Waals surface area contributed by atoms with Crippen LogP contribution < -0.4 is 9.47 Å². The Hall–Kier alpha value is -2.78. The molecule has 0 aliphatic heterocycles. The molecular formula is C17H18F3N3O4. The lowest BCUT2D eigenvalue weighted by Gasteiger charge is -2.37. The van der Waals surface area contributed by atoms with Crippen LogP contribution in [0.4, 0.5) is 13.2 Å². The van der Waals surface area contributed by atoms with E-state index >= 15 is 0 Å². The molecule has 0 radical (unpaired) electrons. The molecule has 1 fully saturated rings. The predicted octanol–water partition coefficient (Wildman–Crippen LogP) is 3.68. The second kappa shape index (κ2) is 7.09. The number of alkyl halides is 3. The van der Waals surface area contributed by atoms with E-state index in [4.69, 9.17) is 9.84 Å². The van der Waals surface area contributed by atoms with Crippen molar-refractivity contribution in [2.75, 3.05) is 0 Å². The highest BCUT2D eigenvalue weighted by molar-refractivity contribution is 5.87. The first-order chi connectivity index (χ1) is 12.7. The van der Waals surface area contributed by atoms with Crippen molar-refractivity contribution < 1.29 is 32.5 Å². The Labute approximate surface area is 152 Å². The molecule has 0 spiro atoms. The molecule has 0 unspecified atom stereocenters. The highest BCUT2D eigenvalue weighted by Crippen LogP contribution is 2.40. The zero-order valence-electron chi connectivity index (χ0n) is 14.4. The summed E-state index contributed by atoms with van der Waals surface area (Å²) in [6.07, 6.45) is -2.13. The van der Waals surface area contributed by atoms with E-state index in [0.29, 0.717) is 12.8 Å². The van der Waals surface area contributed by atoms with Gasteiger partial charge in [-0.05, 0) is 48.8 Å². The normalized spacial score (nSPS) is 23.0. The fraction of sp³-hybridized carbons (Fsp3) is 0.471. The zero-order chi connectivity index (χ0) is 19.7. The molecule has 2 N–H and O–H groups in total. The molecule has 1 aliphatic rings. The van der Waals surface area contributed by atoms with Crippen molar-refractivity contribution >= 4 is 5.97 Å². The lowest BCUT2D eigenvalue weighted by Crippen LogP contribution is -2.33. The highest BCUT2D eigenvalue weighted by Gasteiger charge is 2.35. The molecule has 0 amide bonds. The number of benzene rings is 1. The highest BCUT2D eigenvalue weighted by atomic mass is 19.4. The minimum Gasteiger partial charge on any atom is -0.476 e. The van der Waals surface area contributed by atoms with E-state index in [9.17, 15) is 18.0 Å². The summed E-state index contributed by atoms with van der Waals surface area (Å²) in [5.74, 6) is -1.49. The summed E-state index contributed by atoms with van der Waals surface area (Å²) < 4.78 is 46.4. The van der Waals surface area contributed by atoms with E-state index in [-0.39, 0.29) is 28.8 Å². The third kappa shape index (κ3) is 4.50. The van der Waals surface area contributed by atoms with Gasteiger partial charge >= 0.3 is 12.3 Å². The Kier molecular flexibility index (Phi) is 4.99. The van der Waals surface area contributed by atoms with Crippen molar-refractivity contribution in [2.45, 2.75) is 50.5 Å². The lowest BCUT2D eigenvalue weighted by atomic mass is 9.70. The summed E-state index contributed by atoms with van der Waals surface area (Å²) in [5, 5.41) is 18.4. The van der Waals surface area contributed by atoms with Crippen LogP contribution in [0.15, 0.2) is 24.3 Å². The molecule has 1 saturated carbocycles. The minimum atomic E-state index is -4.71. The van der Waals surface area contributed by atoms with Crippen LogP contribution in [-0.4, -0.2) is 39.0 Å². The molecule has 10 heteroatoms. The van der Waals surface area contributed by atoms with E-state index in [2.05, 4.69) is 20.1 Å². The molecule has 0 bridgehead atoms. The Balaban J connectivity index is 1.62. The SMILES string of the molecule is CC1(c2ccc(OC(F)(F)F)cc2)CCC(Oc2nn[nH]c2C(=O)O)CC1. The number of carboxylic acid groups (broad SMARTS) is 1. The van der Waals surface area contributed by atoms with Gasteiger partial charge in [0.1, 0.15) is 11.9 Å². The number of hydrogen-bond donors (Lipinski definition) is 2. The number of H-pyrrole nitrogens is 1. The first-order valence-electron chi connectivity index (χ1n) is 8.33. The number of carboxylic acids is 1. The minimum absolute atomic E-state index is 0.0373. The largest absolute Gasteiger partial charge is 0.573 e. The Bertz CT molecular complexity index is 797. The van der Waals surface area contributed by atoms with Gasteiger partial charge in [-0.2, -0.15) is 0 Å². The van der Waals surface area contributed by atoms with Gasteiger partial charge in [0.25, 0.3) is 5.88 Å². The number of aromatic amines is 1. The Morgan fingerprint density at radius 2 is 1.89 bits per heavy atom. The first-order valence-corrected chi connectivity index (χ1v) is 8.33. The van der Waals surface area contributed by atoms with Gasteiger partial charge in [0.2, 0.25) is 5.69 Å². The third-order valence-electron chi connectivity index (χ3n) is 4.83. The number of carbonyl (C=O) groups is 1. The van der Waals surface area contributed by atoms with E-state index in [1.165, 1.54) is 12.1 Å². The van der Waals surface area contributed by atoms with Crippen molar-refractivity contribution in [3.63, 3.8) is 0 Å². The standard InChI is InChI=1S/C17H18F3N3O4/c1-16(10-2-4-12(5-3-10)27-17(18,19)20)8-6-11(7-9-16)26-14-13(15(24)25)21-23-22-14/h2-5,11H,6-9H2,1H3,(H,24,25)(H,21,22,23). The quantitative estimate of drug-likeness (QED) is 0.815. The van der Waals surface area contributed by atoms with E-state index in [1.807, 2.05) is 6.92 Å². The molecule has 0 saturated heterocycles. The molecule has 1 heterocycles. The molecule has 1 aromatic heterocycles. The van der Waals surface area contributed by atoms with Crippen molar-refractivity contribution in [3.05, 3.63) is 35.5 Å². The summed E-state index contributed by atoms with van der Waals surface area (Å²) in [6.45, 7) is 2.04. The first kappa shape index (κ1) is 19.0. The maximum atomic E-state index is 12.3. The monoisotopic (exact) mass is 385 g/mol. The van der Waals surface area contributed by atoms with Crippen molar-refractivity contribution in [1.29, 1.82) is 0 Å². The molecule has 7 nitrogen and oxygen atoms in total. The maximum absolute atomic E-state index is 12.3. The van der Waals surface area contributed by atoms with Crippen LogP contribution in [0.25, 0.3) is 0 Å². The van der Waals surface area contributed by atoms with Crippen LogP contribution in [0.1, 0.15) is 48.7 Å². The Morgan fingerprint density at radius 3 is 2.44 bits per heavy atom. The number of hydrogen-bond acceptors (Lipinski definition) is 5. The van der Waals surface area contributed by atoms with Gasteiger partial charge in [-0.15, -0.1) is 13.2 Å². The molecule has 27 heavy (non-hydrogen) atoms. The fourth-order valence-corrected chi connectivity index (χ4v) is 3.29. The van der Waals surface area contributed by atoms with Gasteiger partial charge in [-0.1, -0.05) is 29.4 Å². The van der Waals surface area contributed by atoms with Crippen LogP contribution in [-0.2, 0) is 5.41 Å². The zero-order valence-corrected chi connectivity index (χ0v) is 14.4. The molecular weight excluding hydrogens is 367 g/mol. The van der Waals surface area contributed by atoms with Gasteiger partial charge in [0.05, 0.1) is 0 Å². The van der Waals surface area contributed by atoms with Crippen LogP contribution in [0.2, 0.25) is 0 Å². The average Bonchev–Trinajstić information content (AvgIpc) is 3.05. The third-order valence-corrected chi connectivity index (χ3v) is 4.83. The number of aromatic carboxylic acids is 1. The van der Waals surface area contributed by atoms with Crippen molar-refractivity contribution in [3.8, 4) is 11.6 Å². The summed E-state index contributed by atoms with van der Waals surface area (Å²) in [5.41, 5.74) is 0.516. The number of aromatic nitrogens is 3. The van der Waals surface area contributed by atoms with Crippen LogP contribution in [0.5, 0.6) is 11.6 Å². The van der Waals surface area contributed by atoms with Crippen LogP contribution in [0.3, 0.4) is 0 Å². The lowest BCUT2D eigenvalue weighted by molar-refractivity contribution is -0.274. The topological polar surface area (TPSA) is 97.3 Å². The second-order valence-corrected chi connectivity index (χ2v) is 6.75. The number of nitrogens with zero attached hydrogens (tertiary/aromatic N) is 2. The molecule has 146 valence electrons. The number of halogens is 3. The number of rotatable bonds is 5. The van der Waals surface area contributed by atoms with Gasteiger partial charge in [0, 0.05) is 0 Å². The van der Waals surface area contributed by atoms with E-state index < -0.39 is 12.3 Å². The Morgan fingerprint density at radius 1 is 1.26 bits per heavy atom. The molecule has 1 aliphatic carbocycles. The van der Waals surface area contributed by atoms with Gasteiger partial charge in [-0.25, -0.2) is 9.89 Å². The summed E-state index contributed by atoms with van der Waals surface area (Å²) in [6, 6.07) is 5.90. The molecule has 0 atom stereocenters. The number of nitrogens with one attached hydrogen (secondary N) is 1. The van der Waals surface area contributed by atoms with Gasteiger partial charge in [0.15, 0.2) is 0 Å². The van der Waals surface area contributed by atoms with Crippen molar-refractivity contribution in [2.24, 2.45) is 0 Å². The predicted molar refractivity (Wildman–Crippen MR) is 86.7 cm³/mol. The fourth-order valence-electron chi connectivity index (χ4n) is 3.29. The van der Waals surface area contributed by atoms with E-state index in [1.54, 1.807) is 12.1 Å². The maximum Gasteiger partial charge on any atom is 0.573 e. The van der Waals surface area contributed by atoms with Gasteiger partial charge < -0.3 is 14.6 Å². The van der Waals surface area contributed by atoms with Crippen LogP contribution >= 0.6 is 0 Å². The summed E-state index contributed by atoms with van der Waals surface area (Å²) in [4.78, 5) is 11.1. The smallest absolute Gasteiger partial charge is 0.476 e. The molecule has 3 rings (SSSR count). The second-order valence-electron chi connectivity index (χ2n) is 6.75. The van der Waals surface area contributed by atoms with Gasteiger partial charge in [-0.3, -0.25) is 0 Å². The summed E-state index contributed by atoms with van der Waals surface area (Å²) in [7, 11) is 0.